The highest BCUT2D eigenvalue weighted by Gasteiger charge is 2.34. The standard InChI is InChI=1S/C21H41N5O3S.HI/c1-22-20(23-10-15-30(27,28)25-16-19-6-5-7-19)24-17-21(8-3-2-4-9-21)18-26-11-13-29-14-12-26;/h19,25H,2-18H2,1H3,(H2,22,23,24);1H. The highest BCUT2D eigenvalue weighted by molar-refractivity contribution is 14.0. The SMILES string of the molecule is CN=C(NCCS(=O)(=O)NCC1CCC1)NCC1(CN2CCOCC2)CCCCC1.I. The molecule has 3 fully saturated rings. The molecule has 10 heteroatoms. The molecule has 31 heavy (non-hydrogen) atoms. The fourth-order valence-corrected chi connectivity index (χ4v) is 5.74. The Morgan fingerprint density at radius 1 is 1.10 bits per heavy atom. The summed E-state index contributed by atoms with van der Waals surface area (Å²) in [4.78, 5) is 6.85. The van der Waals surface area contributed by atoms with Crippen molar-refractivity contribution in [3.8, 4) is 0 Å². The zero-order valence-corrected chi connectivity index (χ0v) is 22.2. The second-order valence-electron chi connectivity index (χ2n) is 9.27. The number of morpholine rings is 1. The van der Waals surface area contributed by atoms with Crippen LogP contribution in [0.5, 0.6) is 0 Å². The molecule has 0 spiro atoms. The number of hydrogen-bond acceptors (Lipinski definition) is 5. The Morgan fingerprint density at radius 2 is 1.81 bits per heavy atom. The predicted octanol–water partition coefficient (Wildman–Crippen LogP) is 1.77. The smallest absolute Gasteiger partial charge is 0.213 e. The summed E-state index contributed by atoms with van der Waals surface area (Å²) in [5.41, 5.74) is 0.254. The Kier molecular flexibility index (Phi) is 11.8. The van der Waals surface area contributed by atoms with Crippen molar-refractivity contribution in [2.75, 3.05) is 65.3 Å². The van der Waals surface area contributed by atoms with E-state index in [-0.39, 0.29) is 35.1 Å². The molecule has 1 heterocycles. The Labute approximate surface area is 205 Å². The predicted molar refractivity (Wildman–Crippen MR) is 137 cm³/mol. The van der Waals surface area contributed by atoms with Crippen molar-refractivity contribution in [2.45, 2.75) is 51.4 Å². The van der Waals surface area contributed by atoms with Crippen molar-refractivity contribution < 1.29 is 13.2 Å². The third-order valence-electron chi connectivity index (χ3n) is 6.91. The molecule has 2 aliphatic carbocycles. The van der Waals surface area contributed by atoms with E-state index in [9.17, 15) is 8.42 Å². The summed E-state index contributed by atoms with van der Waals surface area (Å²) in [5.74, 6) is 1.29. The average molecular weight is 572 g/mol. The molecule has 0 aromatic heterocycles. The van der Waals surface area contributed by atoms with Gasteiger partial charge in [0.2, 0.25) is 10.0 Å². The van der Waals surface area contributed by atoms with Gasteiger partial charge in [-0.05, 0) is 31.6 Å². The van der Waals surface area contributed by atoms with Crippen LogP contribution in [0.25, 0.3) is 0 Å². The molecule has 0 bridgehead atoms. The Hall–Kier alpha value is -0.170. The van der Waals surface area contributed by atoms with Gasteiger partial charge >= 0.3 is 0 Å². The number of sulfonamides is 1. The lowest BCUT2D eigenvalue weighted by molar-refractivity contribution is 0.00820. The molecule has 0 radical (unpaired) electrons. The highest BCUT2D eigenvalue weighted by Crippen LogP contribution is 2.36. The third kappa shape index (κ3) is 9.30. The molecule has 3 aliphatic rings. The number of nitrogens with one attached hydrogen (secondary N) is 3. The van der Waals surface area contributed by atoms with Crippen LogP contribution in [0.4, 0.5) is 0 Å². The van der Waals surface area contributed by atoms with Gasteiger partial charge in [0.05, 0.1) is 19.0 Å². The van der Waals surface area contributed by atoms with Gasteiger partial charge in [0.15, 0.2) is 5.96 Å². The van der Waals surface area contributed by atoms with Crippen molar-refractivity contribution in [3.05, 3.63) is 0 Å². The number of hydrogen-bond donors (Lipinski definition) is 3. The summed E-state index contributed by atoms with van der Waals surface area (Å²) < 4.78 is 32.6. The summed E-state index contributed by atoms with van der Waals surface area (Å²) in [5, 5.41) is 6.68. The van der Waals surface area contributed by atoms with E-state index in [1.54, 1.807) is 7.05 Å². The molecule has 182 valence electrons. The molecule has 8 nitrogen and oxygen atoms in total. The molecule has 1 saturated heterocycles. The first-order valence-electron chi connectivity index (χ1n) is 11.7. The molecule has 0 aromatic carbocycles. The van der Waals surface area contributed by atoms with Gasteiger partial charge in [-0.2, -0.15) is 0 Å². The van der Waals surface area contributed by atoms with Crippen LogP contribution in [0.15, 0.2) is 4.99 Å². The van der Waals surface area contributed by atoms with E-state index in [1.165, 1.54) is 38.5 Å². The van der Waals surface area contributed by atoms with E-state index < -0.39 is 10.0 Å². The first-order chi connectivity index (χ1) is 14.5. The van der Waals surface area contributed by atoms with E-state index in [2.05, 4.69) is 25.2 Å². The fourth-order valence-electron chi connectivity index (χ4n) is 4.74. The van der Waals surface area contributed by atoms with Crippen LogP contribution in [-0.4, -0.2) is 84.6 Å². The van der Waals surface area contributed by atoms with E-state index in [0.29, 0.717) is 25.0 Å². The monoisotopic (exact) mass is 571 g/mol. The van der Waals surface area contributed by atoms with Gasteiger partial charge in [-0.15, -0.1) is 24.0 Å². The molecule has 2 saturated carbocycles. The summed E-state index contributed by atoms with van der Waals surface area (Å²) in [6.07, 6.45) is 9.85. The van der Waals surface area contributed by atoms with Gasteiger partial charge in [0.25, 0.3) is 0 Å². The van der Waals surface area contributed by atoms with Crippen LogP contribution < -0.4 is 15.4 Å². The third-order valence-corrected chi connectivity index (χ3v) is 8.26. The van der Waals surface area contributed by atoms with Gasteiger partial charge in [-0.1, -0.05) is 25.7 Å². The maximum Gasteiger partial charge on any atom is 0.213 e. The van der Waals surface area contributed by atoms with Crippen LogP contribution in [-0.2, 0) is 14.8 Å². The van der Waals surface area contributed by atoms with E-state index in [1.807, 2.05) is 0 Å². The molecule has 3 rings (SSSR count). The minimum Gasteiger partial charge on any atom is -0.379 e. The molecule has 1 aliphatic heterocycles. The van der Waals surface area contributed by atoms with Crippen LogP contribution in [0.3, 0.4) is 0 Å². The van der Waals surface area contributed by atoms with Gasteiger partial charge in [-0.3, -0.25) is 9.89 Å². The molecule has 0 aromatic rings. The van der Waals surface area contributed by atoms with Crippen LogP contribution in [0.2, 0.25) is 0 Å². The molecule has 0 atom stereocenters. The number of rotatable bonds is 10. The Bertz CT molecular complexity index is 645. The number of nitrogens with zero attached hydrogens (tertiary/aromatic N) is 2. The topological polar surface area (TPSA) is 95.1 Å². The molecular formula is C21H42IN5O3S. The number of halogens is 1. The summed E-state index contributed by atoms with van der Waals surface area (Å²) in [6.45, 7) is 6.60. The summed E-state index contributed by atoms with van der Waals surface area (Å²) in [6, 6.07) is 0. The first-order valence-corrected chi connectivity index (χ1v) is 13.4. The summed E-state index contributed by atoms with van der Waals surface area (Å²) in [7, 11) is -1.49. The van der Waals surface area contributed by atoms with Crippen molar-refractivity contribution in [3.63, 3.8) is 0 Å². The second kappa shape index (κ2) is 13.5. The van der Waals surface area contributed by atoms with E-state index in [4.69, 9.17) is 4.74 Å². The lowest BCUT2D eigenvalue weighted by Crippen LogP contribution is -2.51. The fraction of sp³-hybridized carbons (Fsp3) is 0.952. The van der Waals surface area contributed by atoms with Crippen molar-refractivity contribution in [1.82, 2.24) is 20.3 Å². The molecular weight excluding hydrogens is 529 g/mol. The minimum absolute atomic E-state index is 0. The Morgan fingerprint density at radius 3 is 2.42 bits per heavy atom. The van der Waals surface area contributed by atoms with Gasteiger partial charge in [-0.25, -0.2) is 13.1 Å². The summed E-state index contributed by atoms with van der Waals surface area (Å²) >= 11 is 0. The van der Waals surface area contributed by atoms with Crippen molar-refractivity contribution in [1.29, 1.82) is 0 Å². The van der Waals surface area contributed by atoms with Gasteiger partial charge < -0.3 is 15.4 Å². The highest BCUT2D eigenvalue weighted by atomic mass is 127. The van der Waals surface area contributed by atoms with E-state index >= 15 is 0 Å². The van der Waals surface area contributed by atoms with Crippen molar-refractivity contribution >= 4 is 40.0 Å². The normalized spacial score (nSPS) is 22.9. The molecule has 0 unspecified atom stereocenters. The molecule has 0 amide bonds. The zero-order valence-electron chi connectivity index (χ0n) is 19.0. The molecule has 3 N–H and O–H groups in total. The lowest BCUT2D eigenvalue weighted by atomic mass is 9.73. The average Bonchev–Trinajstić information content (AvgIpc) is 2.71. The zero-order chi connectivity index (χ0) is 21.3. The quantitative estimate of drug-likeness (QED) is 0.210. The van der Waals surface area contributed by atoms with Gasteiger partial charge in [0, 0.05) is 51.7 Å². The largest absolute Gasteiger partial charge is 0.379 e. The van der Waals surface area contributed by atoms with Crippen LogP contribution in [0, 0.1) is 11.3 Å². The number of guanidine groups is 1. The first kappa shape index (κ1) is 27.1. The van der Waals surface area contributed by atoms with E-state index in [0.717, 1.165) is 52.2 Å². The maximum absolute atomic E-state index is 12.2. The lowest BCUT2D eigenvalue weighted by Gasteiger charge is -2.42. The van der Waals surface area contributed by atoms with Crippen LogP contribution >= 0.6 is 24.0 Å². The number of ether oxygens (including phenoxy) is 1. The minimum atomic E-state index is -3.24. The number of aliphatic imine (C=N–C) groups is 1. The second-order valence-corrected chi connectivity index (χ2v) is 11.2. The van der Waals surface area contributed by atoms with Gasteiger partial charge in [0.1, 0.15) is 0 Å². The van der Waals surface area contributed by atoms with Crippen LogP contribution in [0.1, 0.15) is 51.4 Å². The Balaban J connectivity index is 0.00000341. The maximum atomic E-state index is 12.2. The van der Waals surface area contributed by atoms with Crippen molar-refractivity contribution in [2.24, 2.45) is 16.3 Å².